The van der Waals surface area contributed by atoms with Gasteiger partial charge in [0.25, 0.3) is 0 Å². The molecule has 1 radical (unpaired) electrons. The zero-order valence-corrected chi connectivity index (χ0v) is 7.47. The van der Waals surface area contributed by atoms with E-state index in [0.29, 0.717) is 18.8 Å². The number of carbonyl (C=O) groups is 1. The van der Waals surface area contributed by atoms with Crippen LogP contribution < -0.4 is 5.73 Å². The molecule has 0 aliphatic carbocycles. The van der Waals surface area contributed by atoms with Crippen LogP contribution in [0.15, 0.2) is 0 Å². The minimum absolute atomic E-state index is 0.147. The van der Waals surface area contributed by atoms with Crippen molar-refractivity contribution >= 4 is 5.78 Å². The molecule has 0 saturated carbocycles. The molecule has 0 aromatic heterocycles. The van der Waals surface area contributed by atoms with Crippen LogP contribution in [0.25, 0.3) is 0 Å². The second-order valence-corrected chi connectivity index (χ2v) is 3.31. The lowest BCUT2D eigenvalue weighted by Crippen LogP contribution is -2.31. The molecule has 0 aromatic rings. The lowest BCUT2D eigenvalue weighted by molar-refractivity contribution is -0.120. The molecular formula is C9H18NO. The molecule has 1 atom stereocenters. The highest BCUT2D eigenvalue weighted by molar-refractivity contribution is 5.83. The minimum Gasteiger partial charge on any atom is -0.322 e. The van der Waals surface area contributed by atoms with Crippen LogP contribution in [-0.4, -0.2) is 11.8 Å². The Morgan fingerprint density at radius 1 is 1.55 bits per heavy atom. The number of Topliss-reactive ketones (excluding diaryl/α,β-unsaturated/α-hetero) is 1. The first-order valence-corrected chi connectivity index (χ1v) is 4.15. The standard InChI is InChI=1S/C9H18NO/c1-4-5-9(11)8(10)6-7(2)3/h7-8H,1,4-6,10H2,2-3H3/t8-/m0/s1. The number of ketones is 1. The summed E-state index contributed by atoms with van der Waals surface area (Å²) in [5, 5.41) is 0. The maximum atomic E-state index is 11.1. The molecule has 0 unspecified atom stereocenters. The van der Waals surface area contributed by atoms with E-state index >= 15 is 0 Å². The van der Waals surface area contributed by atoms with Gasteiger partial charge in [-0.15, -0.1) is 0 Å². The fraction of sp³-hybridized carbons (Fsp3) is 0.778. The van der Waals surface area contributed by atoms with Gasteiger partial charge >= 0.3 is 0 Å². The van der Waals surface area contributed by atoms with Crippen LogP contribution in [0.2, 0.25) is 0 Å². The maximum Gasteiger partial charge on any atom is 0.149 e. The summed E-state index contributed by atoms with van der Waals surface area (Å²) in [7, 11) is 0. The monoisotopic (exact) mass is 156 g/mol. The predicted octanol–water partition coefficient (Wildman–Crippen LogP) is 1.54. The van der Waals surface area contributed by atoms with Gasteiger partial charge in [0.2, 0.25) is 0 Å². The van der Waals surface area contributed by atoms with Gasteiger partial charge in [0.15, 0.2) is 0 Å². The Morgan fingerprint density at radius 2 is 2.09 bits per heavy atom. The van der Waals surface area contributed by atoms with Crippen molar-refractivity contribution in [2.75, 3.05) is 0 Å². The van der Waals surface area contributed by atoms with E-state index in [9.17, 15) is 4.79 Å². The van der Waals surface area contributed by atoms with E-state index in [1.54, 1.807) is 0 Å². The molecule has 0 bridgehead atoms. The Hall–Kier alpha value is -0.370. The lowest BCUT2D eigenvalue weighted by Gasteiger charge is -2.11. The van der Waals surface area contributed by atoms with E-state index < -0.39 is 0 Å². The summed E-state index contributed by atoms with van der Waals surface area (Å²) in [5.74, 6) is 0.646. The minimum atomic E-state index is -0.267. The van der Waals surface area contributed by atoms with Crippen molar-refractivity contribution in [3.63, 3.8) is 0 Å². The molecule has 0 rings (SSSR count). The lowest BCUT2D eigenvalue weighted by atomic mass is 9.99. The van der Waals surface area contributed by atoms with Crippen molar-refractivity contribution in [2.24, 2.45) is 11.7 Å². The van der Waals surface area contributed by atoms with Crippen molar-refractivity contribution in [1.29, 1.82) is 0 Å². The zero-order valence-electron chi connectivity index (χ0n) is 7.47. The van der Waals surface area contributed by atoms with Crippen LogP contribution in [0.5, 0.6) is 0 Å². The van der Waals surface area contributed by atoms with Gasteiger partial charge in [0.05, 0.1) is 6.04 Å². The van der Waals surface area contributed by atoms with E-state index in [1.165, 1.54) is 0 Å². The first kappa shape index (κ1) is 10.6. The zero-order chi connectivity index (χ0) is 8.85. The summed E-state index contributed by atoms with van der Waals surface area (Å²) < 4.78 is 0. The summed E-state index contributed by atoms with van der Waals surface area (Å²) in [6, 6.07) is -0.267. The highest BCUT2D eigenvalue weighted by atomic mass is 16.1. The molecule has 65 valence electrons. The average Bonchev–Trinajstić information content (AvgIpc) is 1.86. The molecule has 11 heavy (non-hydrogen) atoms. The Bertz CT molecular complexity index is 121. The summed E-state index contributed by atoms with van der Waals surface area (Å²) in [4.78, 5) is 11.1. The first-order valence-electron chi connectivity index (χ1n) is 4.15. The smallest absolute Gasteiger partial charge is 0.149 e. The van der Waals surface area contributed by atoms with E-state index in [1.807, 2.05) is 0 Å². The fourth-order valence-electron chi connectivity index (χ4n) is 0.999. The number of carbonyl (C=O) groups excluding carboxylic acids is 1. The SMILES string of the molecule is [CH2]CCC(=O)[C@@H](N)CC(C)C. The molecule has 0 fully saturated rings. The Kier molecular flexibility index (Phi) is 5.12. The first-order chi connectivity index (χ1) is 5.07. The molecule has 0 aliphatic rings. The maximum absolute atomic E-state index is 11.1. The highest BCUT2D eigenvalue weighted by Crippen LogP contribution is 2.05. The van der Waals surface area contributed by atoms with E-state index in [2.05, 4.69) is 20.8 Å². The van der Waals surface area contributed by atoms with Gasteiger partial charge < -0.3 is 5.73 Å². The highest BCUT2D eigenvalue weighted by Gasteiger charge is 2.12. The third-order valence-corrected chi connectivity index (χ3v) is 1.56. The molecular weight excluding hydrogens is 138 g/mol. The van der Waals surface area contributed by atoms with Crippen molar-refractivity contribution in [3.05, 3.63) is 6.92 Å². The van der Waals surface area contributed by atoms with Crippen LogP contribution in [-0.2, 0) is 4.79 Å². The Balaban J connectivity index is 3.64. The molecule has 0 spiro atoms. The molecule has 0 aromatic carbocycles. The normalized spacial score (nSPS) is 13.5. The van der Waals surface area contributed by atoms with Gasteiger partial charge in [-0.25, -0.2) is 0 Å². The van der Waals surface area contributed by atoms with Crippen molar-refractivity contribution < 1.29 is 4.79 Å². The summed E-state index contributed by atoms with van der Waals surface area (Å²) in [6.07, 6.45) is 1.97. The fourth-order valence-corrected chi connectivity index (χ4v) is 0.999. The third kappa shape index (κ3) is 4.96. The molecule has 0 saturated heterocycles. The van der Waals surface area contributed by atoms with Crippen LogP contribution in [0.4, 0.5) is 0 Å². The topological polar surface area (TPSA) is 43.1 Å². The Labute approximate surface area is 69.2 Å². The number of hydrogen-bond acceptors (Lipinski definition) is 2. The van der Waals surface area contributed by atoms with Gasteiger partial charge in [-0.3, -0.25) is 4.79 Å². The number of hydrogen-bond donors (Lipinski definition) is 1. The second kappa shape index (κ2) is 5.30. The molecule has 0 amide bonds. The van der Waals surface area contributed by atoms with E-state index in [-0.39, 0.29) is 11.8 Å². The van der Waals surface area contributed by atoms with Crippen molar-refractivity contribution in [3.8, 4) is 0 Å². The van der Waals surface area contributed by atoms with Crippen molar-refractivity contribution in [1.82, 2.24) is 0 Å². The second-order valence-electron chi connectivity index (χ2n) is 3.31. The van der Waals surface area contributed by atoms with Crippen LogP contribution in [0, 0.1) is 12.8 Å². The number of nitrogens with two attached hydrogens (primary N) is 1. The average molecular weight is 156 g/mol. The number of rotatable bonds is 5. The van der Waals surface area contributed by atoms with Gasteiger partial charge in [-0.1, -0.05) is 20.8 Å². The van der Waals surface area contributed by atoms with E-state index in [4.69, 9.17) is 5.73 Å². The van der Waals surface area contributed by atoms with Crippen LogP contribution >= 0.6 is 0 Å². The van der Waals surface area contributed by atoms with E-state index in [0.717, 1.165) is 6.42 Å². The summed E-state index contributed by atoms with van der Waals surface area (Å²) >= 11 is 0. The molecule has 2 heteroatoms. The van der Waals surface area contributed by atoms with Gasteiger partial charge in [0, 0.05) is 6.42 Å². The van der Waals surface area contributed by atoms with Gasteiger partial charge in [-0.05, 0) is 18.8 Å². The van der Waals surface area contributed by atoms with Crippen molar-refractivity contribution in [2.45, 2.75) is 39.2 Å². The largest absolute Gasteiger partial charge is 0.322 e. The Morgan fingerprint density at radius 3 is 2.45 bits per heavy atom. The quantitative estimate of drug-likeness (QED) is 0.656. The molecule has 0 aliphatic heterocycles. The summed E-state index contributed by atoms with van der Waals surface area (Å²) in [5.41, 5.74) is 5.63. The van der Waals surface area contributed by atoms with Gasteiger partial charge in [-0.2, -0.15) is 0 Å². The van der Waals surface area contributed by atoms with Crippen LogP contribution in [0.1, 0.15) is 33.1 Å². The predicted molar refractivity (Wildman–Crippen MR) is 47.0 cm³/mol. The third-order valence-electron chi connectivity index (χ3n) is 1.56. The molecule has 0 heterocycles. The summed E-state index contributed by atoms with van der Waals surface area (Å²) in [6.45, 7) is 7.74. The van der Waals surface area contributed by atoms with Gasteiger partial charge in [0.1, 0.15) is 5.78 Å². The molecule has 2 N–H and O–H groups in total. The van der Waals surface area contributed by atoms with Crippen LogP contribution in [0.3, 0.4) is 0 Å². The molecule has 2 nitrogen and oxygen atoms in total.